The lowest BCUT2D eigenvalue weighted by atomic mass is 10.1. The fourth-order valence-electron chi connectivity index (χ4n) is 1.38. The molecule has 1 rings (SSSR count). The van der Waals surface area contributed by atoms with Crippen molar-refractivity contribution in [1.29, 1.82) is 0 Å². The molecular formula is C12H17ClN2O. The van der Waals surface area contributed by atoms with Gasteiger partial charge in [-0.15, -0.1) is 0 Å². The molecule has 0 aliphatic carbocycles. The molecule has 1 aromatic rings. The van der Waals surface area contributed by atoms with Crippen LogP contribution in [0.15, 0.2) is 18.3 Å². The molecule has 0 saturated heterocycles. The van der Waals surface area contributed by atoms with E-state index in [2.05, 4.69) is 17.2 Å². The molecule has 1 aromatic heterocycles. The summed E-state index contributed by atoms with van der Waals surface area (Å²) in [6.45, 7) is 2.15. The van der Waals surface area contributed by atoms with Crippen LogP contribution >= 0.6 is 11.6 Å². The van der Waals surface area contributed by atoms with Crippen molar-refractivity contribution in [2.45, 2.75) is 39.0 Å². The van der Waals surface area contributed by atoms with Gasteiger partial charge in [-0.2, -0.15) is 0 Å². The van der Waals surface area contributed by atoms with Crippen LogP contribution in [0, 0.1) is 0 Å². The Kier molecular flexibility index (Phi) is 5.86. The van der Waals surface area contributed by atoms with Crippen LogP contribution in [0.3, 0.4) is 0 Å². The Morgan fingerprint density at radius 1 is 1.44 bits per heavy atom. The minimum absolute atomic E-state index is 0.0169. The number of anilines is 1. The fraction of sp³-hybridized carbons (Fsp3) is 0.500. The zero-order chi connectivity index (χ0) is 11.8. The Morgan fingerprint density at radius 3 is 2.94 bits per heavy atom. The van der Waals surface area contributed by atoms with E-state index >= 15 is 0 Å². The normalized spacial score (nSPS) is 10.1. The lowest BCUT2D eigenvalue weighted by Gasteiger charge is -2.05. The van der Waals surface area contributed by atoms with Gasteiger partial charge in [-0.3, -0.25) is 4.79 Å². The average molecular weight is 241 g/mol. The highest BCUT2D eigenvalue weighted by molar-refractivity contribution is 6.33. The Labute approximate surface area is 101 Å². The van der Waals surface area contributed by atoms with Crippen molar-refractivity contribution >= 4 is 23.3 Å². The molecule has 0 aromatic carbocycles. The number of pyridine rings is 1. The minimum atomic E-state index is -0.0169. The zero-order valence-corrected chi connectivity index (χ0v) is 10.3. The highest BCUT2D eigenvalue weighted by atomic mass is 35.5. The molecule has 1 amide bonds. The molecule has 4 heteroatoms. The molecule has 0 spiro atoms. The van der Waals surface area contributed by atoms with Crippen LogP contribution in [0.25, 0.3) is 0 Å². The molecule has 0 fully saturated rings. The summed E-state index contributed by atoms with van der Waals surface area (Å²) in [7, 11) is 0. The first-order chi connectivity index (χ1) is 7.74. The molecule has 1 heterocycles. The van der Waals surface area contributed by atoms with E-state index in [1.165, 1.54) is 12.8 Å². The number of rotatable bonds is 6. The van der Waals surface area contributed by atoms with Crippen molar-refractivity contribution in [2.75, 3.05) is 5.32 Å². The van der Waals surface area contributed by atoms with Crippen molar-refractivity contribution in [3.05, 3.63) is 23.4 Å². The summed E-state index contributed by atoms with van der Waals surface area (Å²) in [5, 5.41) is 3.18. The first-order valence-electron chi connectivity index (χ1n) is 5.64. The van der Waals surface area contributed by atoms with E-state index in [-0.39, 0.29) is 5.91 Å². The van der Waals surface area contributed by atoms with Gasteiger partial charge in [0.05, 0.1) is 5.02 Å². The number of amides is 1. The predicted octanol–water partition coefficient (Wildman–Crippen LogP) is 3.64. The summed E-state index contributed by atoms with van der Waals surface area (Å²) >= 11 is 5.87. The van der Waals surface area contributed by atoms with E-state index in [1.807, 2.05) is 0 Å². The van der Waals surface area contributed by atoms with E-state index < -0.39 is 0 Å². The highest BCUT2D eigenvalue weighted by Crippen LogP contribution is 2.17. The second-order valence-electron chi connectivity index (χ2n) is 3.69. The van der Waals surface area contributed by atoms with Crippen LogP contribution < -0.4 is 5.32 Å². The number of aromatic nitrogens is 1. The molecule has 16 heavy (non-hydrogen) atoms. The second kappa shape index (κ2) is 7.23. The Morgan fingerprint density at radius 2 is 2.25 bits per heavy atom. The number of hydrogen-bond acceptors (Lipinski definition) is 2. The summed E-state index contributed by atoms with van der Waals surface area (Å²) in [4.78, 5) is 15.5. The number of hydrogen-bond donors (Lipinski definition) is 1. The Hall–Kier alpha value is -1.09. The standard InChI is InChI=1S/C12H17ClN2O/c1-2-3-4-5-8-11(16)15-12-10(13)7-6-9-14-12/h6-7,9H,2-5,8H2,1H3,(H,14,15,16). The molecule has 0 aliphatic rings. The number of carbonyl (C=O) groups excluding carboxylic acids is 1. The quantitative estimate of drug-likeness (QED) is 0.772. The number of nitrogens with one attached hydrogen (secondary N) is 1. The molecule has 0 bridgehead atoms. The summed E-state index contributed by atoms with van der Waals surface area (Å²) < 4.78 is 0. The van der Waals surface area contributed by atoms with Gasteiger partial charge in [-0.25, -0.2) is 4.98 Å². The first-order valence-corrected chi connectivity index (χ1v) is 6.02. The van der Waals surface area contributed by atoms with E-state index in [0.717, 1.165) is 12.8 Å². The first kappa shape index (κ1) is 13.0. The van der Waals surface area contributed by atoms with Crippen molar-refractivity contribution in [3.63, 3.8) is 0 Å². The molecule has 0 radical (unpaired) electrons. The summed E-state index contributed by atoms with van der Waals surface area (Å²) in [6.07, 6.45) is 6.51. The molecule has 88 valence electrons. The van der Waals surface area contributed by atoms with Gasteiger partial charge in [0, 0.05) is 12.6 Å². The van der Waals surface area contributed by atoms with Gasteiger partial charge >= 0.3 is 0 Å². The van der Waals surface area contributed by atoms with Crippen LogP contribution in [-0.2, 0) is 4.79 Å². The lowest BCUT2D eigenvalue weighted by Crippen LogP contribution is -2.12. The Bertz CT molecular complexity index is 342. The highest BCUT2D eigenvalue weighted by Gasteiger charge is 2.05. The molecule has 0 unspecified atom stereocenters. The maximum Gasteiger partial charge on any atom is 0.225 e. The van der Waals surface area contributed by atoms with Crippen molar-refractivity contribution < 1.29 is 4.79 Å². The van der Waals surface area contributed by atoms with Gasteiger partial charge in [-0.05, 0) is 18.6 Å². The third kappa shape index (κ3) is 4.62. The average Bonchev–Trinajstić information content (AvgIpc) is 2.28. The van der Waals surface area contributed by atoms with Gasteiger partial charge in [0.15, 0.2) is 5.82 Å². The van der Waals surface area contributed by atoms with Gasteiger partial charge < -0.3 is 5.32 Å². The van der Waals surface area contributed by atoms with Crippen LogP contribution in [0.2, 0.25) is 5.02 Å². The SMILES string of the molecule is CCCCCCC(=O)Nc1ncccc1Cl. The number of unbranched alkanes of at least 4 members (excludes halogenated alkanes) is 3. The summed E-state index contributed by atoms with van der Waals surface area (Å²) in [6, 6.07) is 3.44. The third-order valence-corrected chi connectivity index (χ3v) is 2.58. The smallest absolute Gasteiger partial charge is 0.225 e. The van der Waals surface area contributed by atoms with Crippen LogP contribution in [-0.4, -0.2) is 10.9 Å². The van der Waals surface area contributed by atoms with E-state index in [4.69, 9.17) is 11.6 Å². The molecule has 1 N–H and O–H groups in total. The molecule has 0 atom stereocenters. The summed E-state index contributed by atoms with van der Waals surface area (Å²) in [5.74, 6) is 0.432. The maximum absolute atomic E-state index is 11.5. The molecule has 3 nitrogen and oxygen atoms in total. The number of halogens is 1. The van der Waals surface area contributed by atoms with Crippen LogP contribution in [0.5, 0.6) is 0 Å². The zero-order valence-electron chi connectivity index (χ0n) is 9.50. The molecule has 0 aliphatic heterocycles. The lowest BCUT2D eigenvalue weighted by molar-refractivity contribution is -0.116. The minimum Gasteiger partial charge on any atom is -0.309 e. The summed E-state index contributed by atoms with van der Waals surface area (Å²) in [5.41, 5.74) is 0. The van der Waals surface area contributed by atoms with Crippen molar-refractivity contribution in [1.82, 2.24) is 4.98 Å². The van der Waals surface area contributed by atoms with Crippen LogP contribution in [0.1, 0.15) is 39.0 Å². The van der Waals surface area contributed by atoms with Crippen LogP contribution in [0.4, 0.5) is 5.82 Å². The largest absolute Gasteiger partial charge is 0.309 e. The number of nitrogens with zero attached hydrogens (tertiary/aromatic N) is 1. The third-order valence-electron chi connectivity index (χ3n) is 2.27. The number of carbonyl (C=O) groups is 1. The van der Waals surface area contributed by atoms with Gasteiger partial charge in [0.25, 0.3) is 0 Å². The molecule has 0 saturated carbocycles. The van der Waals surface area contributed by atoms with Gasteiger partial charge in [0.2, 0.25) is 5.91 Å². The van der Waals surface area contributed by atoms with Crippen molar-refractivity contribution in [3.8, 4) is 0 Å². The van der Waals surface area contributed by atoms with Crippen molar-refractivity contribution in [2.24, 2.45) is 0 Å². The second-order valence-corrected chi connectivity index (χ2v) is 4.10. The maximum atomic E-state index is 11.5. The van der Waals surface area contributed by atoms with E-state index in [1.54, 1.807) is 18.3 Å². The van der Waals surface area contributed by atoms with Gasteiger partial charge in [0.1, 0.15) is 0 Å². The fourth-order valence-corrected chi connectivity index (χ4v) is 1.55. The van der Waals surface area contributed by atoms with E-state index in [9.17, 15) is 4.79 Å². The van der Waals surface area contributed by atoms with Gasteiger partial charge in [-0.1, -0.05) is 37.8 Å². The van der Waals surface area contributed by atoms with E-state index in [0.29, 0.717) is 17.3 Å². The topological polar surface area (TPSA) is 42.0 Å². The monoisotopic (exact) mass is 240 g/mol. The molecular weight excluding hydrogens is 224 g/mol. The predicted molar refractivity (Wildman–Crippen MR) is 66.6 cm³/mol. The Balaban J connectivity index is 2.32.